The van der Waals surface area contributed by atoms with Crippen molar-refractivity contribution in [2.45, 2.75) is 36.2 Å². The quantitative estimate of drug-likeness (QED) is 0.578. The first-order valence-corrected chi connectivity index (χ1v) is 10.7. The number of nitrogens with zero attached hydrogens (tertiary/aromatic N) is 5. The second-order valence-electron chi connectivity index (χ2n) is 7.70. The molecule has 1 aliphatic heterocycles. The number of imidazole rings is 1. The van der Waals surface area contributed by atoms with E-state index >= 15 is 0 Å². The number of aromatic nitrogens is 4. The number of hydrogen-bond acceptors (Lipinski definition) is 5. The molecule has 3 heterocycles. The minimum absolute atomic E-state index is 0.0738. The van der Waals surface area contributed by atoms with Crippen LogP contribution in [0.2, 0.25) is 0 Å². The van der Waals surface area contributed by atoms with E-state index in [4.69, 9.17) is 0 Å². The van der Waals surface area contributed by atoms with Gasteiger partial charge >= 0.3 is 11.9 Å². The third-order valence-electron chi connectivity index (χ3n) is 5.46. The molecule has 1 amide bonds. The van der Waals surface area contributed by atoms with Crippen LogP contribution in [0.3, 0.4) is 0 Å². The molecule has 1 aliphatic rings. The van der Waals surface area contributed by atoms with Gasteiger partial charge in [-0.3, -0.25) is 14.2 Å². The third kappa shape index (κ3) is 3.72. The van der Waals surface area contributed by atoms with Gasteiger partial charge in [-0.2, -0.15) is 13.2 Å². The minimum Gasteiger partial charge on any atom is -0.328 e. The molecule has 32 heavy (non-hydrogen) atoms. The van der Waals surface area contributed by atoms with Crippen molar-refractivity contribution >= 4 is 34.5 Å². The molecule has 0 spiro atoms. The van der Waals surface area contributed by atoms with Crippen LogP contribution in [-0.4, -0.2) is 36.4 Å². The summed E-state index contributed by atoms with van der Waals surface area (Å²) in [6.45, 7) is 1.50. The van der Waals surface area contributed by atoms with Crippen molar-refractivity contribution in [3.05, 3.63) is 50.9 Å². The Morgan fingerprint density at radius 3 is 2.66 bits per heavy atom. The number of fused-ring (bicyclic) bond motifs is 2. The zero-order chi connectivity index (χ0) is 23.4. The van der Waals surface area contributed by atoms with E-state index in [0.29, 0.717) is 11.3 Å². The molecular formula is C20H20F3N5O3S. The molecule has 0 bridgehead atoms. The molecule has 1 unspecified atom stereocenters. The van der Waals surface area contributed by atoms with Gasteiger partial charge in [-0.25, -0.2) is 14.3 Å². The summed E-state index contributed by atoms with van der Waals surface area (Å²) in [5, 5.41) is 0.0738. The Morgan fingerprint density at radius 2 is 1.97 bits per heavy atom. The molecule has 4 rings (SSSR count). The molecule has 8 nitrogen and oxygen atoms in total. The number of aryl methyl sites for hydroxylation is 2. The van der Waals surface area contributed by atoms with Gasteiger partial charge in [-0.1, -0.05) is 6.92 Å². The van der Waals surface area contributed by atoms with Gasteiger partial charge in [-0.05, 0) is 24.6 Å². The number of halogens is 3. The Bertz CT molecular complexity index is 1340. The van der Waals surface area contributed by atoms with Crippen LogP contribution >= 0.6 is 11.8 Å². The first kappa shape index (κ1) is 22.2. The number of alkyl halides is 3. The Hall–Kier alpha value is -3.02. The average molecular weight is 467 g/mol. The molecule has 0 saturated carbocycles. The van der Waals surface area contributed by atoms with E-state index in [9.17, 15) is 27.6 Å². The number of carbonyl (C=O) groups excluding carboxylic acids is 1. The molecule has 0 radical (unpaired) electrons. The maximum Gasteiger partial charge on any atom is 0.416 e. The molecule has 1 aromatic carbocycles. The van der Waals surface area contributed by atoms with Crippen molar-refractivity contribution < 1.29 is 18.0 Å². The largest absolute Gasteiger partial charge is 0.416 e. The van der Waals surface area contributed by atoms with Gasteiger partial charge in [0.2, 0.25) is 5.91 Å². The predicted octanol–water partition coefficient (Wildman–Crippen LogP) is 2.37. The number of thioether (sulfide) groups is 1. The highest BCUT2D eigenvalue weighted by molar-refractivity contribution is 8.00. The van der Waals surface area contributed by atoms with Crippen molar-refractivity contribution in [3.8, 4) is 0 Å². The summed E-state index contributed by atoms with van der Waals surface area (Å²) in [5.74, 6) is -0.638. The maximum atomic E-state index is 13.3. The van der Waals surface area contributed by atoms with Crippen molar-refractivity contribution in [2.75, 3.05) is 11.4 Å². The number of anilines is 1. The van der Waals surface area contributed by atoms with Crippen molar-refractivity contribution in [1.82, 2.24) is 18.7 Å². The molecule has 2 aromatic heterocycles. The third-order valence-corrected chi connectivity index (χ3v) is 6.70. The summed E-state index contributed by atoms with van der Waals surface area (Å²) in [7, 11) is 3.03. The molecule has 12 heteroatoms. The van der Waals surface area contributed by atoms with Crippen molar-refractivity contribution in [2.24, 2.45) is 14.1 Å². The predicted molar refractivity (Wildman–Crippen MR) is 114 cm³/mol. The Morgan fingerprint density at radius 1 is 1.25 bits per heavy atom. The van der Waals surface area contributed by atoms with Gasteiger partial charge in [0.1, 0.15) is 6.54 Å². The van der Waals surface area contributed by atoms with E-state index in [1.807, 2.05) is 6.92 Å². The molecule has 0 fully saturated rings. The van der Waals surface area contributed by atoms with Gasteiger partial charge < -0.3 is 9.47 Å². The Balaban J connectivity index is 1.79. The smallest absolute Gasteiger partial charge is 0.328 e. The van der Waals surface area contributed by atoms with Crippen LogP contribution in [0.4, 0.5) is 18.9 Å². The van der Waals surface area contributed by atoms with Crippen LogP contribution in [0.1, 0.15) is 18.9 Å². The summed E-state index contributed by atoms with van der Waals surface area (Å²) in [6, 6.07) is 3.30. The molecule has 0 N–H and O–H groups in total. The Kier molecular flexibility index (Phi) is 5.43. The lowest BCUT2D eigenvalue weighted by atomic mass is 10.1. The molecule has 0 aliphatic carbocycles. The monoisotopic (exact) mass is 467 g/mol. The number of benzene rings is 1. The van der Waals surface area contributed by atoms with Crippen LogP contribution in [0.5, 0.6) is 0 Å². The zero-order valence-corrected chi connectivity index (χ0v) is 18.3. The fourth-order valence-corrected chi connectivity index (χ4v) is 4.82. The van der Waals surface area contributed by atoms with Crippen molar-refractivity contribution in [3.63, 3.8) is 0 Å². The van der Waals surface area contributed by atoms with Crippen LogP contribution in [0.25, 0.3) is 11.2 Å². The topological polar surface area (TPSA) is 82.1 Å². The van der Waals surface area contributed by atoms with Crippen LogP contribution in [-0.2, 0) is 31.6 Å². The van der Waals surface area contributed by atoms with E-state index < -0.39 is 35.4 Å². The SMILES string of the molecule is CC1CCN(C(=O)Cn2c(=O)c3c(ncn3C)n(C)c2=O)c2cc(C(F)(F)F)ccc2S1. The lowest BCUT2D eigenvalue weighted by Gasteiger charge is -2.24. The molecule has 3 aromatic rings. The number of carbonyl (C=O) groups is 1. The van der Waals surface area contributed by atoms with E-state index in [-0.39, 0.29) is 28.6 Å². The van der Waals surface area contributed by atoms with E-state index in [0.717, 1.165) is 16.7 Å². The van der Waals surface area contributed by atoms with Gasteiger partial charge in [0.05, 0.1) is 17.6 Å². The first-order valence-electron chi connectivity index (χ1n) is 9.78. The van der Waals surface area contributed by atoms with Gasteiger partial charge in [0, 0.05) is 30.8 Å². The highest BCUT2D eigenvalue weighted by Gasteiger charge is 2.33. The minimum atomic E-state index is -4.57. The summed E-state index contributed by atoms with van der Waals surface area (Å²) >= 11 is 1.39. The van der Waals surface area contributed by atoms with Crippen LogP contribution < -0.4 is 16.1 Å². The summed E-state index contributed by atoms with van der Waals surface area (Å²) < 4.78 is 43.3. The van der Waals surface area contributed by atoms with Gasteiger partial charge in [0.25, 0.3) is 5.56 Å². The number of amides is 1. The Labute approximate surface area is 184 Å². The standard InChI is InChI=1S/C20H20F3N5O3S/c1-11-6-7-27(13-8-12(20(21,22)23)4-5-14(13)32-11)15(29)9-28-18(30)16-17(24-10-25(16)2)26(3)19(28)31/h4-5,8,10-11H,6-7,9H2,1-3H3. The zero-order valence-electron chi connectivity index (χ0n) is 17.5. The second-order valence-corrected chi connectivity index (χ2v) is 9.18. The van der Waals surface area contributed by atoms with E-state index in [2.05, 4.69) is 4.98 Å². The average Bonchev–Trinajstić information content (AvgIpc) is 3.02. The second kappa shape index (κ2) is 7.84. The fraction of sp³-hybridized carbons (Fsp3) is 0.400. The van der Waals surface area contributed by atoms with Gasteiger partial charge in [-0.15, -0.1) is 11.8 Å². The summed E-state index contributed by atoms with van der Waals surface area (Å²) in [5.41, 5.74) is -1.81. The number of rotatable bonds is 2. The maximum absolute atomic E-state index is 13.3. The molecule has 0 saturated heterocycles. The van der Waals surface area contributed by atoms with Gasteiger partial charge in [0.15, 0.2) is 11.2 Å². The number of hydrogen-bond donors (Lipinski definition) is 0. The van der Waals surface area contributed by atoms with Crippen LogP contribution in [0.15, 0.2) is 39.0 Å². The highest BCUT2D eigenvalue weighted by atomic mass is 32.2. The summed E-state index contributed by atoms with van der Waals surface area (Å²) in [4.78, 5) is 44.7. The summed E-state index contributed by atoms with van der Waals surface area (Å²) in [6.07, 6.45) is -2.64. The molecule has 170 valence electrons. The lowest BCUT2D eigenvalue weighted by Crippen LogP contribution is -2.45. The molecular weight excluding hydrogens is 447 g/mol. The highest BCUT2D eigenvalue weighted by Crippen LogP contribution is 2.41. The van der Waals surface area contributed by atoms with Crippen molar-refractivity contribution in [1.29, 1.82) is 0 Å². The first-order chi connectivity index (χ1) is 15.0. The normalized spacial score (nSPS) is 16.8. The fourth-order valence-electron chi connectivity index (χ4n) is 3.73. The van der Waals surface area contributed by atoms with E-state index in [1.165, 1.54) is 45.2 Å². The molecule has 1 atom stereocenters. The lowest BCUT2D eigenvalue weighted by molar-refractivity contribution is -0.137. The van der Waals surface area contributed by atoms with E-state index in [1.54, 1.807) is 7.05 Å². The van der Waals surface area contributed by atoms with Crippen LogP contribution in [0, 0.1) is 0 Å².